The molecule has 43 nitrogen and oxygen atoms in total. The number of hydrogen-bond acceptors (Lipinski definition) is 33. The summed E-state index contributed by atoms with van der Waals surface area (Å²) in [7, 11) is 0. The predicted molar refractivity (Wildman–Crippen MR) is 466 cm³/mol. The summed E-state index contributed by atoms with van der Waals surface area (Å²) < 4.78 is 96.1. The van der Waals surface area contributed by atoms with Crippen LogP contribution in [0.5, 0.6) is 0 Å². The molecule has 0 bridgehead atoms. The van der Waals surface area contributed by atoms with E-state index in [0.717, 1.165) is 5.56 Å². The maximum absolute atomic E-state index is 15.5. The van der Waals surface area contributed by atoms with Gasteiger partial charge in [0.15, 0.2) is 5.60 Å². The molecule has 2 aliphatic heterocycles. The van der Waals surface area contributed by atoms with Crippen molar-refractivity contribution in [1.29, 1.82) is 0 Å². The molecule has 0 fully saturated rings. The minimum absolute atomic E-state index is 0.0400. The molecule has 5 aromatic rings. The van der Waals surface area contributed by atoms with E-state index in [4.69, 9.17) is 87.9 Å². The van der Waals surface area contributed by atoms with Gasteiger partial charge in [0.1, 0.15) is 49.4 Å². The fraction of sp³-hybridized carbons (Fsp3) is 0.655. The molecular weight excluding hydrogens is 1720 g/mol. The first kappa shape index (κ1) is 107. The van der Waals surface area contributed by atoms with E-state index < -0.39 is 120 Å². The number of anilines is 1. The Bertz CT molecular complexity index is 4460. The van der Waals surface area contributed by atoms with Crippen molar-refractivity contribution < 1.29 is 140 Å². The number of hydrogen-bond donors (Lipinski definition) is 15. The average molecular weight is 1860 g/mol. The Hall–Kier alpha value is -9.53. The highest BCUT2D eigenvalue weighted by atomic mass is 19.1. The van der Waals surface area contributed by atoms with E-state index in [1.807, 2.05) is 0 Å². The second-order valence-electron chi connectivity index (χ2n) is 31.6. The Morgan fingerprint density at radius 2 is 1.20 bits per heavy atom. The molecule has 9 atom stereocenters. The smallest absolute Gasteiger partial charge is 0.407 e. The van der Waals surface area contributed by atoms with Crippen LogP contribution in [-0.2, 0) is 140 Å². The molecule has 0 unspecified atom stereocenters. The number of ether oxygens (including phenoxy) is 14. The van der Waals surface area contributed by atoms with Gasteiger partial charge in [-0.1, -0.05) is 38.1 Å². The summed E-state index contributed by atoms with van der Waals surface area (Å²) in [5.74, 6) is -4.26. The number of rotatable bonds is 68. The number of amides is 8. The number of aliphatic hydroxyl groups is 6. The molecule has 0 saturated heterocycles. The Balaban J connectivity index is 0.568. The van der Waals surface area contributed by atoms with Gasteiger partial charge in [-0.3, -0.25) is 28.8 Å². The van der Waals surface area contributed by atoms with Crippen LogP contribution in [0.4, 0.5) is 19.7 Å². The Morgan fingerprint density at radius 1 is 0.649 bits per heavy atom. The van der Waals surface area contributed by atoms with E-state index in [1.54, 1.807) is 62.7 Å². The van der Waals surface area contributed by atoms with Crippen LogP contribution >= 0.6 is 0 Å². The second kappa shape index (κ2) is 57.8. The normalized spacial score (nSPS) is 16.0. The fourth-order valence-corrected chi connectivity index (χ4v) is 14.5. The highest BCUT2D eigenvalue weighted by Crippen LogP contribution is 2.46. The van der Waals surface area contributed by atoms with E-state index >= 15 is 4.39 Å². The lowest BCUT2D eigenvalue weighted by atomic mass is 9.81. The van der Waals surface area contributed by atoms with Crippen LogP contribution in [-0.4, -0.2) is 330 Å². The first-order valence-corrected chi connectivity index (χ1v) is 44.5. The van der Waals surface area contributed by atoms with Crippen LogP contribution in [0.3, 0.4) is 0 Å². The molecule has 1 aliphatic carbocycles. The number of carbonyl (C=O) groups is 8. The van der Waals surface area contributed by atoms with E-state index in [2.05, 4.69) is 47.5 Å². The molecule has 2 aromatic carbocycles. The number of nitrogens with zero attached hydrogens (tertiary/aromatic N) is 5. The minimum atomic E-state index is -2.06. The van der Waals surface area contributed by atoms with Crippen LogP contribution in [0.25, 0.3) is 22.3 Å². The van der Waals surface area contributed by atoms with Gasteiger partial charge in [0.25, 0.3) is 5.56 Å². The second-order valence-corrected chi connectivity index (χ2v) is 31.6. The van der Waals surface area contributed by atoms with Crippen LogP contribution in [0.1, 0.15) is 129 Å². The van der Waals surface area contributed by atoms with Gasteiger partial charge >= 0.3 is 18.1 Å². The third-order valence-corrected chi connectivity index (χ3v) is 21.9. The number of alkyl carbamates (subject to hydrolysis) is 1. The van der Waals surface area contributed by atoms with E-state index in [1.165, 1.54) is 16.8 Å². The highest BCUT2D eigenvalue weighted by Gasteiger charge is 2.46. The van der Waals surface area contributed by atoms with Gasteiger partial charge in [-0.2, -0.15) is 0 Å². The summed E-state index contributed by atoms with van der Waals surface area (Å²) in [6.07, 6.45) is -3.28. The SMILES string of the molecule is CC[C@@]1(O)C(=O)OCc2c1cc1n(c2=O)Cc2c-1nc1cc(F)c(C)c3c1c2[C@@H](NC(=O)OCc1ccc(NC(=O)[C@H](CCCNC(N)=O)NC(=O)[C@@H](NC(=O)[C@@H](N)CCCCNC(=O)CCOCCOCCOCCOCCOCCOCCOCCOCCOCCOCCOCCOCCn2nncc2CCC(=O)NC[C@H](O)[C@@H](O)[C@H](O)[C@H](O)CO)C(C)C)cc1)CC3. The summed E-state index contributed by atoms with van der Waals surface area (Å²) in [5.41, 5.74) is 14.3. The number of halogens is 1. The van der Waals surface area contributed by atoms with Gasteiger partial charge in [-0.15, -0.1) is 5.10 Å². The summed E-state index contributed by atoms with van der Waals surface area (Å²) in [4.78, 5) is 123. The molecule has 5 heterocycles. The zero-order valence-corrected chi connectivity index (χ0v) is 75.0. The third kappa shape index (κ3) is 34.8. The number of pyridine rings is 2. The number of benzene rings is 2. The number of aryl methyl sites for hydroxylation is 2. The number of aliphatic hydroxyl groups excluding tert-OH is 5. The average Bonchev–Trinajstić information content (AvgIpc) is 1.58. The number of carbonyl (C=O) groups excluding carboxylic acids is 8. The summed E-state index contributed by atoms with van der Waals surface area (Å²) in [5, 5.41) is 87.0. The number of nitrogens with one attached hydrogen (secondary N) is 7. The Kier molecular flexibility index (Phi) is 47.1. The zero-order valence-electron chi connectivity index (χ0n) is 75.0. The monoisotopic (exact) mass is 1850 g/mol. The van der Waals surface area contributed by atoms with Crippen molar-refractivity contribution >= 4 is 64.2 Å². The third-order valence-electron chi connectivity index (χ3n) is 21.9. The van der Waals surface area contributed by atoms with Crippen molar-refractivity contribution in [2.45, 2.75) is 179 Å². The molecule has 8 amide bonds. The molecule has 3 aromatic heterocycles. The molecule has 8 rings (SSSR count). The topological polar surface area (TPSA) is 589 Å². The molecule has 0 saturated carbocycles. The van der Waals surface area contributed by atoms with Crippen molar-refractivity contribution in [2.24, 2.45) is 17.4 Å². The van der Waals surface area contributed by atoms with Gasteiger partial charge in [-0.05, 0) is 111 Å². The molecule has 730 valence electrons. The van der Waals surface area contributed by atoms with Crippen molar-refractivity contribution in [1.82, 2.24) is 56.4 Å². The zero-order chi connectivity index (χ0) is 94.5. The lowest BCUT2D eigenvalue weighted by Gasteiger charge is -2.31. The number of fused-ring (bicyclic) bond motifs is 5. The molecular formula is C87H131FN14O29. The van der Waals surface area contributed by atoms with Crippen molar-refractivity contribution in [3.63, 3.8) is 0 Å². The molecule has 0 spiro atoms. The van der Waals surface area contributed by atoms with Crippen LogP contribution in [0, 0.1) is 18.7 Å². The van der Waals surface area contributed by atoms with Crippen molar-refractivity contribution in [3.8, 4) is 11.4 Å². The number of esters is 1. The molecule has 17 N–H and O–H groups in total. The predicted octanol–water partition coefficient (Wildman–Crippen LogP) is -0.567. The lowest BCUT2D eigenvalue weighted by molar-refractivity contribution is -0.172. The van der Waals surface area contributed by atoms with Crippen LogP contribution < -0.4 is 54.2 Å². The first-order valence-electron chi connectivity index (χ1n) is 44.5. The minimum Gasteiger partial charge on any atom is -0.458 e. The van der Waals surface area contributed by atoms with E-state index in [0.29, 0.717) is 246 Å². The number of primary amides is 1. The molecule has 0 radical (unpaired) electrons. The number of aromatic nitrogens is 5. The summed E-state index contributed by atoms with van der Waals surface area (Å²) >= 11 is 0. The molecule has 131 heavy (non-hydrogen) atoms. The Labute approximate surface area is 758 Å². The first-order chi connectivity index (χ1) is 63.2. The van der Waals surface area contributed by atoms with Crippen LogP contribution in [0.2, 0.25) is 0 Å². The lowest BCUT2D eigenvalue weighted by Crippen LogP contribution is -2.56. The molecule has 3 aliphatic rings. The Morgan fingerprint density at radius 3 is 1.76 bits per heavy atom. The maximum Gasteiger partial charge on any atom is 0.407 e. The number of cyclic esters (lactones) is 1. The quantitative estimate of drug-likeness (QED) is 0.0168. The van der Waals surface area contributed by atoms with Gasteiger partial charge in [0.2, 0.25) is 29.5 Å². The number of urea groups is 1. The van der Waals surface area contributed by atoms with Gasteiger partial charge in [-0.25, -0.2) is 28.4 Å². The van der Waals surface area contributed by atoms with Gasteiger partial charge in [0, 0.05) is 60.7 Å². The van der Waals surface area contributed by atoms with E-state index in [9.17, 15) is 68.7 Å². The van der Waals surface area contributed by atoms with Crippen LogP contribution in [0.15, 0.2) is 47.4 Å². The number of nitrogens with two attached hydrogens (primary N) is 2. The maximum atomic E-state index is 15.5. The largest absolute Gasteiger partial charge is 0.458 e. The highest BCUT2D eigenvalue weighted by molar-refractivity contribution is 5.99. The molecule has 44 heteroatoms. The van der Waals surface area contributed by atoms with Crippen molar-refractivity contribution in [3.05, 3.63) is 103 Å². The fourth-order valence-electron chi connectivity index (χ4n) is 14.5. The summed E-state index contributed by atoms with van der Waals surface area (Å²) in [6.45, 7) is 15.0. The number of unbranched alkanes of at least 4 members (excludes halogenated alkanes) is 1. The van der Waals surface area contributed by atoms with Crippen molar-refractivity contribution in [2.75, 3.05) is 190 Å². The standard InChI is InChI=1S/C87H131FN14O29/c1-5-87(117)63-47-69-77-61(51-101(69)83(113)62(63)54-130-84(87)114)75-66(17-16-60-56(4)64(88)48-68(96-77)74(60)75)98-86(116)131-53-57-11-13-58(14-12-57)95-81(111)67(10-8-21-92-85(90)115)97-82(112)76(55(2)3)99-80(110)65(89)9-6-7-20-91-73(107)19-23-118-25-27-120-29-31-122-33-35-124-37-39-126-41-43-128-45-46-129-44-42-127-40-38-125-36-34-123-32-30-121-28-26-119-24-22-102-59(49-94-100-102)15-18-72(106)93-50-70(104)78(108)79(109)71(105)52-103/h11-14,47-49,55,65-67,70-71,76,78-79,103-105,108-109,117H,5-10,15-46,50-54,89H2,1-4H3,(H,91,107)(H,93,106)(H,95,111)(H,97,112)(H,98,116)(H,99,110)(H3,90,92,115)/t65-,66-,67-,70-,71+,76-,78+,79+,87-/m0/s1. The van der Waals surface area contributed by atoms with Gasteiger partial charge in [0.05, 0.1) is 231 Å². The van der Waals surface area contributed by atoms with Gasteiger partial charge < -0.3 is 150 Å². The summed E-state index contributed by atoms with van der Waals surface area (Å²) in [6, 6.07) is 4.64. The van der Waals surface area contributed by atoms with E-state index in [-0.39, 0.29) is 102 Å².